The van der Waals surface area contributed by atoms with E-state index < -0.39 is 0 Å². The molecule has 4 rings (SSSR count). The van der Waals surface area contributed by atoms with Gasteiger partial charge in [0.15, 0.2) is 0 Å². The SMILES string of the molecule is CC1CN(C)CCC1N(C)c1nn2cc(-c3ccc(Cl)cc3)nc2s1. The highest BCUT2D eigenvalue weighted by molar-refractivity contribution is 7.20. The van der Waals surface area contributed by atoms with Crippen molar-refractivity contribution in [3.8, 4) is 11.3 Å². The van der Waals surface area contributed by atoms with Gasteiger partial charge >= 0.3 is 0 Å². The molecule has 7 heteroatoms. The van der Waals surface area contributed by atoms with E-state index in [9.17, 15) is 0 Å². The molecule has 0 radical (unpaired) electrons. The largest absolute Gasteiger partial charge is 0.346 e. The molecule has 0 saturated carbocycles. The number of aromatic nitrogens is 3. The lowest BCUT2D eigenvalue weighted by Gasteiger charge is -2.39. The Labute approximate surface area is 156 Å². The van der Waals surface area contributed by atoms with Crippen LogP contribution >= 0.6 is 22.9 Å². The van der Waals surface area contributed by atoms with Crippen molar-refractivity contribution in [2.45, 2.75) is 19.4 Å². The van der Waals surface area contributed by atoms with Gasteiger partial charge in [-0.1, -0.05) is 42.0 Å². The molecule has 132 valence electrons. The summed E-state index contributed by atoms with van der Waals surface area (Å²) in [4.78, 5) is 10.4. The molecule has 1 aliphatic rings. The maximum atomic E-state index is 5.96. The quantitative estimate of drug-likeness (QED) is 0.696. The molecule has 1 aliphatic heterocycles. The molecule has 0 spiro atoms. The summed E-state index contributed by atoms with van der Waals surface area (Å²) in [5.74, 6) is 0.629. The van der Waals surface area contributed by atoms with Crippen LogP contribution in [0.5, 0.6) is 0 Å². The first kappa shape index (κ1) is 16.8. The molecule has 2 aromatic heterocycles. The number of piperidine rings is 1. The third kappa shape index (κ3) is 3.26. The zero-order valence-corrected chi connectivity index (χ0v) is 16.3. The van der Waals surface area contributed by atoms with E-state index in [-0.39, 0.29) is 0 Å². The second-order valence-corrected chi connectivity index (χ2v) is 8.32. The molecular formula is C18H22ClN5S. The fourth-order valence-corrected chi connectivity index (χ4v) is 4.68. The molecule has 2 unspecified atom stereocenters. The number of hydrogen-bond acceptors (Lipinski definition) is 5. The Hall–Kier alpha value is -1.63. The fourth-order valence-electron chi connectivity index (χ4n) is 3.65. The van der Waals surface area contributed by atoms with Gasteiger partial charge in [0.1, 0.15) is 0 Å². The summed E-state index contributed by atoms with van der Waals surface area (Å²) >= 11 is 7.61. The maximum absolute atomic E-state index is 5.96. The Morgan fingerprint density at radius 1 is 1.28 bits per heavy atom. The summed E-state index contributed by atoms with van der Waals surface area (Å²) in [5, 5.41) is 6.53. The average molecular weight is 376 g/mol. The third-order valence-electron chi connectivity index (χ3n) is 5.03. The van der Waals surface area contributed by atoms with Crippen LogP contribution in [0.2, 0.25) is 5.02 Å². The Balaban J connectivity index is 1.57. The van der Waals surface area contributed by atoms with Crippen LogP contribution in [0.15, 0.2) is 30.5 Å². The summed E-state index contributed by atoms with van der Waals surface area (Å²) in [7, 11) is 4.35. The number of likely N-dealkylation sites (tertiary alicyclic amines) is 1. The van der Waals surface area contributed by atoms with E-state index in [1.165, 1.54) is 6.42 Å². The van der Waals surface area contributed by atoms with Gasteiger partial charge in [0.2, 0.25) is 10.1 Å². The van der Waals surface area contributed by atoms with Gasteiger partial charge in [-0.05, 0) is 38.1 Å². The zero-order valence-electron chi connectivity index (χ0n) is 14.7. The molecule has 5 nitrogen and oxygen atoms in total. The fraction of sp³-hybridized carbons (Fsp3) is 0.444. The van der Waals surface area contributed by atoms with Crippen LogP contribution < -0.4 is 4.90 Å². The molecule has 1 fully saturated rings. The molecule has 1 saturated heterocycles. The number of rotatable bonds is 3. The molecule has 0 N–H and O–H groups in total. The van der Waals surface area contributed by atoms with Gasteiger partial charge in [0.25, 0.3) is 0 Å². The van der Waals surface area contributed by atoms with E-state index in [2.05, 4.69) is 30.8 Å². The Kier molecular flexibility index (Phi) is 4.43. The number of benzene rings is 1. The normalized spacial score (nSPS) is 21.8. The predicted octanol–water partition coefficient (Wildman–Crippen LogP) is 3.89. The Morgan fingerprint density at radius 2 is 2.04 bits per heavy atom. The molecule has 1 aromatic carbocycles. The van der Waals surface area contributed by atoms with E-state index in [1.807, 2.05) is 35.0 Å². The number of nitrogens with zero attached hydrogens (tertiary/aromatic N) is 5. The average Bonchev–Trinajstić information content (AvgIpc) is 3.14. The monoisotopic (exact) mass is 375 g/mol. The van der Waals surface area contributed by atoms with Crippen LogP contribution in [-0.2, 0) is 0 Å². The van der Waals surface area contributed by atoms with E-state index >= 15 is 0 Å². The lowest BCUT2D eigenvalue weighted by Crippen LogP contribution is -2.47. The van der Waals surface area contributed by atoms with Crippen LogP contribution in [0.1, 0.15) is 13.3 Å². The van der Waals surface area contributed by atoms with Crippen molar-refractivity contribution in [3.05, 3.63) is 35.5 Å². The van der Waals surface area contributed by atoms with Crippen LogP contribution in [0, 0.1) is 5.92 Å². The minimum atomic E-state index is 0.530. The number of halogens is 1. The summed E-state index contributed by atoms with van der Waals surface area (Å²) in [6, 6.07) is 8.28. The first-order valence-corrected chi connectivity index (χ1v) is 9.74. The Bertz CT molecular complexity index is 840. The highest BCUT2D eigenvalue weighted by atomic mass is 35.5. The minimum absolute atomic E-state index is 0.530. The molecule has 0 amide bonds. The van der Waals surface area contributed by atoms with Crippen molar-refractivity contribution >= 4 is 33.0 Å². The summed E-state index contributed by atoms with van der Waals surface area (Å²) < 4.78 is 1.89. The van der Waals surface area contributed by atoms with Gasteiger partial charge in [-0.25, -0.2) is 9.50 Å². The second kappa shape index (κ2) is 6.59. The lowest BCUT2D eigenvalue weighted by atomic mass is 9.93. The highest BCUT2D eigenvalue weighted by Gasteiger charge is 2.29. The molecule has 25 heavy (non-hydrogen) atoms. The molecular weight excluding hydrogens is 354 g/mol. The molecule has 3 aromatic rings. The standard InChI is InChI=1S/C18H22ClN5S/c1-12-10-22(2)9-8-16(12)23(3)18-21-24-11-15(20-17(24)25-18)13-4-6-14(19)7-5-13/h4-7,11-12,16H,8-10H2,1-3H3. The van der Waals surface area contributed by atoms with Gasteiger partial charge in [-0.3, -0.25) is 0 Å². The minimum Gasteiger partial charge on any atom is -0.346 e. The first-order valence-electron chi connectivity index (χ1n) is 8.55. The van der Waals surface area contributed by atoms with Crippen LogP contribution in [0.25, 0.3) is 16.2 Å². The lowest BCUT2D eigenvalue weighted by molar-refractivity contribution is 0.194. The maximum Gasteiger partial charge on any atom is 0.214 e. The Morgan fingerprint density at radius 3 is 2.72 bits per heavy atom. The van der Waals surface area contributed by atoms with Gasteiger partial charge in [0.05, 0.1) is 11.9 Å². The van der Waals surface area contributed by atoms with Crippen molar-refractivity contribution in [2.24, 2.45) is 5.92 Å². The number of fused-ring (bicyclic) bond motifs is 1. The van der Waals surface area contributed by atoms with Gasteiger partial charge < -0.3 is 9.80 Å². The second-order valence-electron chi connectivity index (χ2n) is 6.95. The van der Waals surface area contributed by atoms with Crippen molar-refractivity contribution in [1.29, 1.82) is 0 Å². The van der Waals surface area contributed by atoms with Crippen molar-refractivity contribution in [1.82, 2.24) is 19.5 Å². The van der Waals surface area contributed by atoms with Crippen molar-refractivity contribution in [3.63, 3.8) is 0 Å². The summed E-state index contributed by atoms with van der Waals surface area (Å²) in [5.41, 5.74) is 1.98. The summed E-state index contributed by atoms with van der Waals surface area (Å²) in [6.07, 6.45) is 3.16. The van der Waals surface area contributed by atoms with Crippen molar-refractivity contribution < 1.29 is 0 Å². The molecule has 2 atom stereocenters. The van der Waals surface area contributed by atoms with E-state index in [0.29, 0.717) is 12.0 Å². The van der Waals surface area contributed by atoms with E-state index in [4.69, 9.17) is 21.7 Å². The molecule has 0 bridgehead atoms. The third-order valence-corrected chi connectivity index (χ3v) is 6.30. The smallest absolute Gasteiger partial charge is 0.214 e. The van der Waals surface area contributed by atoms with Gasteiger partial charge in [-0.15, -0.1) is 5.10 Å². The number of anilines is 1. The molecule has 0 aliphatic carbocycles. The predicted molar refractivity (Wildman–Crippen MR) is 105 cm³/mol. The van der Waals surface area contributed by atoms with Crippen LogP contribution in [0.4, 0.5) is 5.13 Å². The van der Waals surface area contributed by atoms with Crippen molar-refractivity contribution in [2.75, 3.05) is 32.1 Å². The van der Waals surface area contributed by atoms with Crippen LogP contribution in [0.3, 0.4) is 0 Å². The van der Waals surface area contributed by atoms with Gasteiger partial charge in [0, 0.05) is 30.2 Å². The highest BCUT2D eigenvalue weighted by Crippen LogP contribution is 2.30. The first-order chi connectivity index (χ1) is 12.0. The van der Waals surface area contributed by atoms with Crippen LogP contribution in [-0.4, -0.2) is 52.7 Å². The number of imidazole rings is 1. The van der Waals surface area contributed by atoms with E-state index in [0.717, 1.165) is 39.5 Å². The topological polar surface area (TPSA) is 36.7 Å². The number of hydrogen-bond donors (Lipinski definition) is 0. The zero-order chi connectivity index (χ0) is 17.6. The van der Waals surface area contributed by atoms with E-state index in [1.54, 1.807) is 11.3 Å². The van der Waals surface area contributed by atoms with Gasteiger partial charge in [-0.2, -0.15) is 0 Å². The summed E-state index contributed by atoms with van der Waals surface area (Å²) in [6.45, 7) is 4.61. The molecule has 3 heterocycles.